The first-order valence-electron chi connectivity index (χ1n) is 11.8. The summed E-state index contributed by atoms with van der Waals surface area (Å²) < 4.78 is 69.2. The van der Waals surface area contributed by atoms with Crippen molar-refractivity contribution in [3.05, 3.63) is 88.4 Å². The van der Waals surface area contributed by atoms with E-state index in [1.807, 2.05) is 20.8 Å². The standard InChI is InChI=1S/C27H25F3N4O2S/c1-25(2,3)18-6-9-20(10-7-18)37(35,36)34-16-17-5-12-23(27(28,29)30)33-24(17)32-21-11-8-19(15-22(21)34)26(31-4)13-14-26/h5-12,15H,13-14,16H2,1-3H3,(H,32,33). The Balaban J connectivity index is 1.66. The van der Waals surface area contributed by atoms with Gasteiger partial charge in [0.05, 0.1) is 22.8 Å². The van der Waals surface area contributed by atoms with Crippen molar-refractivity contribution < 1.29 is 21.6 Å². The number of benzene rings is 2. The van der Waals surface area contributed by atoms with E-state index in [1.54, 1.807) is 42.5 Å². The van der Waals surface area contributed by atoms with Crippen LogP contribution in [0.3, 0.4) is 0 Å². The van der Waals surface area contributed by atoms with Crippen molar-refractivity contribution in [2.45, 2.75) is 62.2 Å². The second-order valence-electron chi connectivity index (χ2n) is 10.5. The summed E-state index contributed by atoms with van der Waals surface area (Å²) in [7, 11) is -4.12. The molecule has 5 rings (SSSR count). The van der Waals surface area contributed by atoms with Gasteiger partial charge in [-0.2, -0.15) is 13.2 Å². The zero-order valence-electron chi connectivity index (χ0n) is 20.5. The van der Waals surface area contributed by atoms with Gasteiger partial charge in [-0.1, -0.05) is 39.0 Å². The Morgan fingerprint density at radius 2 is 1.70 bits per heavy atom. The van der Waals surface area contributed by atoms with E-state index in [-0.39, 0.29) is 28.4 Å². The van der Waals surface area contributed by atoms with E-state index in [1.165, 1.54) is 10.4 Å². The van der Waals surface area contributed by atoms with Gasteiger partial charge in [-0.25, -0.2) is 20.0 Å². The lowest BCUT2D eigenvalue weighted by Crippen LogP contribution is -2.30. The molecule has 0 unspecified atom stereocenters. The number of hydrogen-bond donors (Lipinski definition) is 1. The predicted octanol–water partition coefficient (Wildman–Crippen LogP) is 6.76. The molecule has 1 aromatic heterocycles. The van der Waals surface area contributed by atoms with Crippen molar-refractivity contribution in [2.24, 2.45) is 0 Å². The highest BCUT2D eigenvalue weighted by molar-refractivity contribution is 7.92. The minimum absolute atomic E-state index is 0.0593. The second kappa shape index (κ2) is 8.21. The number of sulfonamides is 1. The number of rotatable bonds is 3. The molecular formula is C27H25F3N4O2S. The maximum absolute atomic E-state index is 14.0. The fraction of sp³-hybridized carbons (Fsp3) is 0.333. The van der Waals surface area contributed by atoms with Gasteiger partial charge in [0.15, 0.2) is 0 Å². The average molecular weight is 527 g/mol. The van der Waals surface area contributed by atoms with Crippen LogP contribution in [0.15, 0.2) is 59.5 Å². The second-order valence-corrected chi connectivity index (χ2v) is 12.4. The lowest BCUT2D eigenvalue weighted by Gasteiger charge is -2.26. The Kier molecular flexibility index (Phi) is 5.57. The summed E-state index contributed by atoms with van der Waals surface area (Å²) in [5, 5.41) is 2.92. The van der Waals surface area contributed by atoms with Gasteiger partial charge < -0.3 is 10.2 Å². The average Bonchev–Trinajstić information content (AvgIpc) is 3.65. The molecule has 1 aliphatic carbocycles. The Bertz CT molecular complexity index is 1530. The van der Waals surface area contributed by atoms with Crippen molar-refractivity contribution in [3.8, 4) is 0 Å². The lowest BCUT2D eigenvalue weighted by molar-refractivity contribution is -0.141. The molecule has 0 radical (unpaired) electrons. The molecule has 1 N–H and O–H groups in total. The van der Waals surface area contributed by atoms with Gasteiger partial charge in [-0.05, 0) is 47.4 Å². The van der Waals surface area contributed by atoms with Crippen molar-refractivity contribution in [2.75, 3.05) is 9.62 Å². The first-order chi connectivity index (χ1) is 17.2. The van der Waals surface area contributed by atoms with Crippen molar-refractivity contribution in [1.82, 2.24) is 4.98 Å². The van der Waals surface area contributed by atoms with Crippen LogP contribution in [0.1, 0.15) is 56.0 Å². The summed E-state index contributed by atoms with van der Waals surface area (Å²) in [4.78, 5) is 7.58. The molecule has 0 atom stereocenters. The van der Waals surface area contributed by atoms with E-state index in [9.17, 15) is 21.6 Å². The molecule has 0 spiro atoms. The van der Waals surface area contributed by atoms with Gasteiger partial charge in [0.1, 0.15) is 11.5 Å². The normalized spacial score (nSPS) is 16.6. The Hall–Kier alpha value is -3.58. The van der Waals surface area contributed by atoms with Crippen molar-refractivity contribution >= 4 is 27.2 Å². The first kappa shape index (κ1) is 25.1. The molecule has 2 heterocycles. The summed E-state index contributed by atoms with van der Waals surface area (Å²) >= 11 is 0. The van der Waals surface area contributed by atoms with Crippen molar-refractivity contribution in [1.29, 1.82) is 0 Å². The van der Waals surface area contributed by atoms with Crippen LogP contribution in [0.5, 0.6) is 0 Å². The molecule has 1 saturated carbocycles. The van der Waals surface area contributed by atoms with E-state index < -0.39 is 27.4 Å². The maximum Gasteiger partial charge on any atom is 0.433 e. The molecule has 1 fully saturated rings. The topological polar surface area (TPSA) is 66.7 Å². The Morgan fingerprint density at radius 3 is 2.27 bits per heavy atom. The number of fused-ring (bicyclic) bond motifs is 2. The number of halogens is 3. The van der Waals surface area contributed by atoms with Gasteiger partial charge in [-0.3, -0.25) is 4.31 Å². The summed E-state index contributed by atoms with van der Waals surface area (Å²) in [6.07, 6.45) is -3.31. The molecule has 2 aromatic carbocycles. The third-order valence-electron chi connectivity index (χ3n) is 6.89. The highest BCUT2D eigenvalue weighted by atomic mass is 32.2. The zero-order valence-corrected chi connectivity index (χ0v) is 21.3. The van der Waals surface area contributed by atoms with Crippen LogP contribution in [0.4, 0.5) is 30.4 Å². The molecule has 2 aliphatic rings. The lowest BCUT2D eigenvalue weighted by atomic mass is 9.87. The highest BCUT2D eigenvalue weighted by Gasteiger charge is 2.53. The zero-order chi connectivity index (χ0) is 26.8. The summed E-state index contributed by atoms with van der Waals surface area (Å²) in [5.41, 5.74) is 0.566. The van der Waals surface area contributed by atoms with Crippen LogP contribution in [-0.2, 0) is 33.7 Å². The third-order valence-corrected chi connectivity index (χ3v) is 8.66. The number of aromatic nitrogens is 1. The smallest absolute Gasteiger partial charge is 0.338 e. The number of nitrogens with one attached hydrogen (secondary N) is 1. The summed E-state index contributed by atoms with van der Waals surface area (Å²) in [6.45, 7) is 13.5. The van der Waals surface area contributed by atoms with E-state index in [2.05, 4.69) is 15.1 Å². The fourth-order valence-corrected chi connectivity index (χ4v) is 5.89. The number of hydrogen-bond acceptors (Lipinski definition) is 4. The largest absolute Gasteiger partial charge is 0.433 e. The molecule has 3 aromatic rings. The maximum atomic E-state index is 14.0. The molecule has 10 heteroatoms. The molecule has 0 saturated heterocycles. The quantitative estimate of drug-likeness (QED) is 0.383. The fourth-order valence-electron chi connectivity index (χ4n) is 4.43. The molecule has 0 bridgehead atoms. The number of alkyl halides is 3. The van der Waals surface area contributed by atoms with Crippen LogP contribution in [0.2, 0.25) is 0 Å². The number of nitrogens with zero attached hydrogens (tertiary/aromatic N) is 3. The molecule has 1 aliphatic heterocycles. The Labute approximate surface area is 214 Å². The first-order valence-corrected chi connectivity index (χ1v) is 13.2. The summed E-state index contributed by atoms with van der Waals surface area (Å²) in [5.74, 6) is -0.0593. The molecule has 192 valence electrons. The summed E-state index contributed by atoms with van der Waals surface area (Å²) in [6, 6.07) is 13.7. The Morgan fingerprint density at radius 1 is 1.03 bits per heavy atom. The van der Waals surface area contributed by atoms with E-state index in [4.69, 9.17) is 6.57 Å². The van der Waals surface area contributed by atoms with Gasteiger partial charge >= 0.3 is 6.18 Å². The third kappa shape index (κ3) is 4.42. The van der Waals surface area contributed by atoms with Gasteiger partial charge in [-0.15, -0.1) is 0 Å². The minimum Gasteiger partial charge on any atom is -0.338 e. The molecular weight excluding hydrogens is 501 g/mol. The SMILES string of the molecule is [C-]#[N+]C1(c2ccc3c(c2)N(S(=O)(=O)c2ccc(C(C)(C)C)cc2)Cc2ccc(C(F)(F)F)nc2N3)CC1. The monoisotopic (exact) mass is 526 g/mol. The van der Waals surface area contributed by atoms with Gasteiger partial charge in [0.25, 0.3) is 15.6 Å². The van der Waals surface area contributed by atoms with Crippen LogP contribution >= 0.6 is 0 Å². The molecule has 6 nitrogen and oxygen atoms in total. The predicted molar refractivity (Wildman–Crippen MR) is 135 cm³/mol. The van der Waals surface area contributed by atoms with E-state index in [0.717, 1.165) is 11.6 Å². The van der Waals surface area contributed by atoms with Gasteiger partial charge in [0, 0.05) is 24.0 Å². The van der Waals surface area contributed by atoms with Crippen LogP contribution in [-0.4, -0.2) is 13.4 Å². The highest BCUT2D eigenvalue weighted by Crippen LogP contribution is 2.52. The van der Waals surface area contributed by atoms with Crippen LogP contribution in [0.25, 0.3) is 4.85 Å². The number of anilines is 3. The minimum atomic E-state index is -4.65. The van der Waals surface area contributed by atoms with Crippen LogP contribution < -0.4 is 9.62 Å². The van der Waals surface area contributed by atoms with Crippen LogP contribution in [0, 0.1) is 6.57 Å². The number of pyridine rings is 1. The van der Waals surface area contributed by atoms with Gasteiger partial charge in [0.2, 0.25) is 0 Å². The van der Waals surface area contributed by atoms with E-state index >= 15 is 0 Å². The van der Waals surface area contributed by atoms with E-state index in [0.29, 0.717) is 29.7 Å². The molecule has 0 amide bonds. The van der Waals surface area contributed by atoms with Crippen molar-refractivity contribution in [3.63, 3.8) is 0 Å². The molecule has 37 heavy (non-hydrogen) atoms.